The normalized spacial score (nSPS) is 24.5. The monoisotopic (exact) mass is 280 g/mol. The molecule has 0 aromatic heterocycles. The van der Waals surface area contributed by atoms with E-state index in [-0.39, 0.29) is 5.56 Å². The van der Waals surface area contributed by atoms with Crippen LogP contribution < -0.4 is 0 Å². The Labute approximate surface area is 113 Å². The molecule has 0 aliphatic heterocycles. The van der Waals surface area contributed by atoms with Gasteiger partial charge in [0.25, 0.3) is 11.6 Å². The van der Waals surface area contributed by atoms with Crippen LogP contribution in [0.3, 0.4) is 0 Å². The molecule has 0 amide bonds. The molecule has 4 N–H and O–H groups in total. The summed E-state index contributed by atoms with van der Waals surface area (Å²) < 4.78 is 0. The zero-order valence-corrected chi connectivity index (χ0v) is 10.2. The van der Waals surface area contributed by atoms with Gasteiger partial charge < -0.3 is 20.4 Å². The zero-order valence-electron chi connectivity index (χ0n) is 10.2. The van der Waals surface area contributed by atoms with Crippen molar-refractivity contribution >= 4 is 17.3 Å². The highest BCUT2D eigenvalue weighted by Crippen LogP contribution is 2.33. The Morgan fingerprint density at radius 3 is 2.10 bits per heavy atom. The fraction of sp³-hybridized carbons (Fsp3) is 0.308. The molecule has 0 heterocycles. The summed E-state index contributed by atoms with van der Waals surface area (Å²) in [6.45, 7) is 0. The van der Waals surface area contributed by atoms with E-state index in [0.29, 0.717) is 0 Å². The van der Waals surface area contributed by atoms with Crippen molar-refractivity contribution in [1.29, 1.82) is 0 Å². The van der Waals surface area contributed by atoms with Crippen molar-refractivity contribution in [3.05, 3.63) is 35.9 Å². The number of Topliss-reactive ketones (excluding diaryl/α,β-unsaturated/α-hetero) is 3. The molecular formula is C13H12O7. The molecule has 0 radical (unpaired) electrons. The Balaban J connectivity index is 2.38. The molecular weight excluding hydrogens is 268 g/mol. The van der Waals surface area contributed by atoms with E-state index in [0.717, 1.165) is 0 Å². The molecule has 0 saturated heterocycles. The van der Waals surface area contributed by atoms with E-state index in [1.165, 1.54) is 24.3 Å². The molecule has 1 aromatic rings. The van der Waals surface area contributed by atoms with Gasteiger partial charge in [-0.25, -0.2) is 0 Å². The van der Waals surface area contributed by atoms with Crippen LogP contribution in [0.1, 0.15) is 16.8 Å². The van der Waals surface area contributed by atoms with Crippen LogP contribution in [0.25, 0.3) is 0 Å². The SMILES string of the molecule is O=C(c1ccccc1)C1CC(=O)C(O)(O)C(O)(O)C1=O. The largest absolute Gasteiger partial charge is 0.355 e. The van der Waals surface area contributed by atoms with E-state index < -0.39 is 41.3 Å². The molecule has 1 atom stereocenters. The van der Waals surface area contributed by atoms with Gasteiger partial charge in [-0.05, 0) is 0 Å². The minimum Gasteiger partial charge on any atom is -0.355 e. The van der Waals surface area contributed by atoms with Crippen LogP contribution >= 0.6 is 0 Å². The molecule has 1 aliphatic carbocycles. The van der Waals surface area contributed by atoms with E-state index >= 15 is 0 Å². The van der Waals surface area contributed by atoms with E-state index in [2.05, 4.69) is 0 Å². The maximum Gasteiger partial charge on any atom is 0.288 e. The number of aliphatic hydroxyl groups is 4. The highest BCUT2D eigenvalue weighted by Gasteiger charge is 2.64. The summed E-state index contributed by atoms with van der Waals surface area (Å²) >= 11 is 0. The summed E-state index contributed by atoms with van der Waals surface area (Å²) in [5, 5.41) is 37.5. The zero-order chi connectivity index (χ0) is 15.1. The lowest BCUT2D eigenvalue weighted by molar-refractivity contribution is -0.324. The van der Waals surface area contributed by atoms with Crippen LogP contribution in [0.5, 0.6) is 0 Å². The molecule has 7 heteroatoms. The van der Waals surface area contributed by atoms with Crippen LogP contribution in [0.15, 0.2) is 30.3 Å². The fourth-order valence-electron chi connectivity index (χ4n) is 2.04. The highest BCUT2D eigenvalue weighted by atomic mass is 16.6. The number of rotatable bonds is 2. The first kappa shape index (κ1) is 14.5. The third-order valence-corrected chi connectivity index (χ3v) is 3.30. The molecule has 1 aromatic carbocycles. The number of hydrogen-bond donors (Lipinski definition) is 4. The lowest BCUT2D eigenvalue weighted by Crippen LogP contribution is -2.69. The van der Waals surface area contributed by atoms with Crippen molar-refractivity contribution in [3.8, 4) is 0 Å². The standard InChI is InChI=1S/C13H12O7/c14-9-6-8(10(15)7-4-2-1-3-5-7)11(16)13(19,20)12(9,17)18/h1-5,8,17-20H,6H2. The Morgan fingerprint density at radius 1 is 1.00 bits per heavy atom. The van der Waals surface area contributed by atoms with Crippen molar-refractivity contribution in [3.63, 3.8) is 0 Å². The van der Waals surface area contributed by atoms with Gasteiger partial charge in [-0.1, -0.05) is 30.3 Å². The van der Waals surface area contributed by atoms with Gasteiger partial charge in [0.05, 0.1) is 5.92 Å². The molecule has 0 bridgehead atoms. The van der Waals surface area contributed by atoms with E-state index in [1.807, 2.05) is 0 Å². The second kappa shape index (κ2) is 4.57. The second-order valence-corrected chi connectivity index (χ2v) is 4.62. The summed E-state index contributed by atoms with van der Waals surface area (Å²) in [5.41, 5.74) is 0.109. The van der Waals surface area contributed by atoms with Crippen LogP contribution in [0, 0.1) is 5.92 Å². The molecule has 7 nitrogen and oxygen atoms in total. The second-order valence-electron chi connectivity index (χ2n) is 4.62. The number of benzene rings is 1. The van der Waals surface area contributed by atoms with Crippen LogP contribution in [0.2, 0.25) is 0 Å². The third kappa shape index (κ3) is 1.97. The first-order valence-electron chi connectivity index (χ1n) is 5.76. The lowest BCUT2D eigenvalue weighted by atomic mass is 9.75. The van der Waals surface area contributed by atoms with Gasteiger partial charge in [-0.3, -0.25) is 14.4 Å². The predicted octanol–water partition coefficient (Wildman–Crippen LogP) is -1.61. The maximum atomic E-state index is 12.1. The molecule has 20 heavy (non-hydrogen) atoms. The first-order chi connectivity index (χ1) is 9.19. The number of hydrogen-bond acceptors (Lipinski definition) is 7. The maximum absolute atomic E-state index is 12.1. The van der Waals surface area contributed by atoms with Crippen molar-refractivity contribution in [2.45, 2.75) is 18.0 Å². The molecule has 1 fully saturated rings. The summed E-state index contributed by atoms with van der Waals surface area (Å²) in [6.07, 6.45) is -0.803. The van der Waals surface area contributed by atoms with E-state index in [9.17, 15) is 34.8 Å². The average molecular weight is 280 g/mol. The van der Waals surface area contributed by atoms with Gasteiger partial charge in [0.15, 0.2) is 11.6 Å². The van der Waals surface area contributed by atoms with Crippen molar-refractivity contribution in [2.75, 3.05) is 0 Å². The summed E-state index contributed by atoms with van der Waals surface area (Å²) in [5.74, 6) is -12.7. The average Bonchev–Trinajstić information content (AvgIpc) is 2.42. The Kier molecular flexibility index (Phi) is 3.31. The molecule has 0 spiro atoms. The molecule has 1 aliphatic rings. The summed E-state index contributed by atoms with van der Waals surface area (Å²) in [6, 6.07) is 7.51. The first-order valence-corrected chi connectivity index (χ1v) is 5.76. The van der Waals surface area contributed by atoms with Gasteiger partial charge in [-0.2, -0.15) is 0 Å². The molecule has 2 rings (SSSR count). The Bertz CT molecular complexity index is 574. The summed E-state index contributed by atoms with van der Waals surface area (Å²) in [4.78, 5) is 35.4. The minimum atomic E-state index is -3.71. The lowest BCUT2D eigenvalue weighted by Gasteiger charge is -2.38. The van der Waals surface area contributed by atoms with Gasteiger partial charge in [0, 0.05) is 12.0 Å². The van der Waals surface area contributed by atoms with Crippen molar-refractivity contribution in [2.24, 2.45) is 5.92 Å². The van der Waals surface area contributed by atoms with Gasteiger partial charge in [0.1, 0.15) is 0 Å². The number of carbonyl (C=O) groups is 3. The summed E-state index contributed by atoms with van der Waals surface area (Å²) in [7, 11) is 0. The topological polar surface area (TPSA) is 132 Å². The quantitative estimate of drug-likeness (QED) is 0.291. The van der Waals surface area contributed by atoms with Gasteiger partial charge >= 0.3 is 0 Å². The van der Waals surface area contributed by atoms with Crippen LogP contribution in [-0.4, -0.2) is 49.4 Å². The molecule has 1 saturated carbocycles. The van der Waals surface area contributed by atoms with E-state index in [1.54, 1.807) is 6.07 Å². The third-order valence-electron chi connectivity index (χ3n) is 3.30. The Hall–Kier alpha value is -1.93. The fourth-order valence-corrected chi connectivity index (χ4v) is 2.04. The number of ketones is 3. The number of carbonyl (C=O) groups excluding carboxylic acids is 3. The van der Waals surface area contributed by atoms with Gasteiger partial charge in [-0.15, -0.1) is 0 Å². The highest BCUT2D eigenvalue weighted by molar-refractivity contribution is 6.18. The minimum absolute atomic E-state index is 0.109. The van der Waals surface area contributed by atoms with E-state index in [4.69, 9.17) is 0 Å². The van der Waals surface area contributed by atoms with Crippen LogP contribution in [0.4, 0.5) is 0 Å². The smallest absolute Gasteiger partial charge is 0.288 e. The molecule has 106 valence electrons. The predicted molar refractivity (Wildman–Crippen MR) is 63.2 cm³/mol. The van der Waals surface area contributed by atoms with Crippen molar-refractivity contribution < 1.29 is 34.8 Å². The van der Waals surface area contributed by atoms with Crippen molar-refractivity contribution in [1.82, 2.24) is 0 Å². The van der Waals surface area contributed by atoms with Gasteiger partial charge in [0.2, 0.25) is 5.78 Å². The molecule has 1 unspecified atom stereocenters. The van der Waals surface area contributed by atoms with Crippen LogP contribution in [-0.2, 0) is 9.59 Å². The Morgan fingerprint density at radius 2 is 1.55 bits per heavy atom.